The molecule has 5 nitrogen and oxygen atoms in total. The first-order valence-corrected chi connectivity index (χ1v) is 4.69. The smallest absolute Gasteiger partial charge is 0.287 e. The summed E-state index contributed by atoms with van der Waals surface area (Å²) in [6.45, 7) is 1.35. The van der Waals surface area contributed by atoms with Crippen molar-refractivity contribution in [3.8, 4) is 0 Å². The molecular formula is C9H14F2N4O. The molecule has 0 aliphatic carbocycles. The molecule has 0 saturated carbocycles. The van der Waals surface area contributed by atoms with Crippen molar-refractivity contribution in [1.82, 2.24) is 9.97 Å². The fourth-order valence-corrected chi connectivity index (χ4v) is 1.09. The molecule has 1 rings (SSSR count). The summed E-state index contributed by atoms with van der Waals surface area (Å²) in [6.07, 6.45) is 0. The first-order valence-electron chi connectivity index (χ1n) is 4.69. The summed E-state index contributed by atoms with van der Waals surface area (Å²) in [6, 6.07) is 0. The summed E-state index contributed by atoms with van der Waals surface area (Å²) in [4.78, 5) is 7.84. The number of halogens is 2. The van der Waals surface area contributed by atoms with Crippen molar-refractivity contribution in [3.05, 3.63) is 11.4 Å². The SMILES string of the molecule is Cc1nc(N)c(C)c(NCC(F)(F)CO)n1. The highest BCUT2D eigenvalue weighted by Crippen LogP contribution is 2.19. The molecule has 1 aromatic rings. The first-order chi connectivity index (χ1) is 7.35. The van der Waals surface area contributed by atoms with Crippen LogP contribution in [0.25, 0.3) is 0 Å². The number of hydrogen-bond acceptors (Lipinski definition) is 5. The molecule has 0 aliphatic heterocycles. The monoisotopic (exact) mass is 232 g/mol. The van der Waals surface area contributed by atoms with E-state index in [1.165, 1.54) is 0 Å². The molecule has 0 fully saturated rings. The Hall–Kier alpha value is -1.50. The van der Waals surface area contributed by atoms with E-state index in [0.29, 0.717) is 11.4 Å². The first kappa shape index (κ1) is 12.6. The molecule has 0 aliphatic rings. The van der Waals surface area contributed by atoms with E-state index in [4.69, 9.17) is 10.8 Å². The molecule has 0 radical (unpaired) electrons. The van der Waals surface area contributed by atoms with Gasteiger partial charge in [0, 0.05) is 5.56 Å². The lowest BCUT2D eigenvalue weighted by molar-refractivity contribution is -0.0373. The number of aliphatic hydroxyl groups is 1. The van der Waals surface area contributed by atoms with Crippen LogP contribution in [-0.2, 0) is 0 Å². The van der Waals surface area contributed by atoms with Crippen LogP contribution < -0.4 is 11.1 Å². The number of nitrogens with zero attached hydrogens (tertiary/aromatic N) is 2. The van der Waals surface area contributed by atoms with Crippen molar-refractivity contribution in [2.75, 3.05) is 24.2 Å². The zero-order valence-electron chi connectivity index (χ0n) is 9.09. The van der Waals surface area contributed by atoms with E-state index < -0.39 is 19.1 Å². The fraction of sp³-hybridized carbons (Fsp3) is 0.556. The lowest BCUT2D eigenvalue weighted by Gasteiger charge is -2.16. The highest BCUT2D eigenvalue weighted by Gasteiger charge is 2.27. The minimum atomic E-state index is -3.18. The summed E-state index contributed by atoms with van der Waals surface area (Å²) in [5.74, 6) is -2.27. The van der Waals surface area contributed by atoms with Gasteiger partial charge in [0.1, 0.15) is 24.1 Å². The maximum atomic E-state index is 12.8. The predicted octanol–water partition coefficient (Wildman–Crippen LogP) is 0.715. The molecule has 16 heavy (non-hydrogen) atoms. The van der Waals surface area contributed by atoms with Gasteiger partial charge in [0.05, 0.1) is 6.54 Å². The zero-order chi connectivity index (χ0) is 12.3. The van der Waals surface area contributed by atoms with Gasteiger partial charge < -0.3 is 16.2 Å². The molecule has 1 heterocycles. The second kappa shape index (κ2) is 4.56. The largest absolute Gasteiger partial charge is 0.390 e. The number of hydrogen-bond donors (Lipinski definition) is 3. The molecule has 0 unspecified atom stereocenters. The van der Waals surface area contributed by atoms with Gasteiger partial charge in [0.2, 0.25) is 0 Å². The molecule has 0 bridgehead atoms. The number of alkyl halides is 2. The van der Waals surface area contributed by atoms with E-state index in [-0.39, 0.29) is 11.6 Å². The maximum Gasteiger partial charge on any atom is 0.287 e. The number of rotatable bonds is 4. The second-order valence-electron chi connectivity index (χ2n) is 3.50. The highest BCUT2D eigenvalue weighted by molar-refractivity contribution is 5.54. The van der Waals surface area contributed by atoms with Gasteiger partial charge in [-0.3, -0.25) is 0 Å². The van der Waals surface area contributed by atoms with Gasteiger partial charge in [-0.2, -0.15) is 0 Å². The minimum Gasteiger partial charge on any atom is -0.390 e. The van der Waals surface area contributed by atoms with Crippen LogP contribution in [0.1, 0.15) is 11.4 Å². The summed E-state index contributed by atoms with van der Waals surface area (Å²) in [7, 11) is 0. The van der Waals surface area contributed by atoms with Crippen molar-refractivity contribution in [1.29, 1.82) is 0 Å². The number of aryl methyl sites for hydroxylation is 1. The molecule has 1 aromatic heterocycles. The van der Waals surface area contributed by atoms with Crippen LogP contribution in [0.15, 0.2) is 0 Å². The number of nitrogens with one attached hydrogen (secondary N) is 1. The van der Waals surface area contributed by atoms with Crippen LogP contribution in [-0.4, -0.2) is 34.1 Å². The fourth-order valence-electron chi connectivity index (χ4n) is 1.09. The van der Waals surface area contributed by atoms with Crippen molar-refractivity contribution in [2.45, 2.75) is 19.8 Å². The predicted molar refractivity (Wildman–Crippen MR) is 56.4 cm³/mol. The lowest BCUT2D eigenvalue weighted by atomic mass is 10.3. The Labute approximate surface area is 91.7 Å². The minimum absolute atomic E-state index is 0.252. The Bertz CT molecular complexity index is 384. The van der Waals surface area contributed by atoms with E-state index in [1.807, 2.05) is 0 Å². The van der Waals surface area contributed by atoms with Gasteiger partial charge in [-0.25, -0.2) is 18.7 Å². The molecule has 0 atom stereocenters. The van der Waals surface area contributed by atoms with Crippen LogP contribution in [0, 0.1) is 13.8 Å². The Morgan fingerprint density at radius 3 is 2.56 bits per heavy atom. The van der Waals surface area contributed by atoms with Crippen LogP contribution in [0.2, 0.25) is 0 Å². The third-order valence-corrected chi connectivity index (χ3v) is 2.04. The van der Waals surface area contributed by atoms with Crippen LogP contribution in [0.4, 0.5) is 20.4 Å². The van der Waals surface area contributed by atoms with E-state index in [9.17, 15) is 8.78 Å². The van der Waals surface area contributed by atoms with Gasteiger partial charge in [-0.05, 0) is 13.8 Å². The average molecular weight is 232 g/mol. The van der Waals surface area contributed by atoms with Gasteiger partial charge in [0.15, 0.2) is 0 Å². The molecule has 0 aromatic carbocycles. The second-order valence-corrected chi connectivity index (χ2v) is 3.50. The molecular weight excluding hydrogens is 218 g/mol. The van der Waals surface area contributed by atoms with E-state index in [1.54, 1.807) is 13.8 Å². The highest BCUT2D eigenvalue weighted by atomic mass is 19.3. The van der Waals surface area contributed by atoms with E-state index >= 15 is 0 Å². The van der Waals surface area contributed by atoms with Gasteiger partial charge in [-0.1, -0.05) is 0 Å². The standard InChI is InChI=1S/C9H14F2N4O/c1-5-7(12)14-6(2)15-8(5)13-3-9(10,11)4-16/h16H,3-4H2,1-2H3,(H3,12,13,14,15). The lowest BCUT2D eigenvalue weighted by Crippen LogP contribution is -2.31. The molecule has 0 spiro atoms. The van der Waals surface area contributed by atoms with Crippen molar-refractivity contribution in [2.24, 2.45) is 0 Å². The van der Waals surface area contributed by atoms with Crippen LogP contribution in [0.5, 0.6) is 0 Å². The third kappa shape index (κ3) is 2.99. The Morgan fingerprint density at radius 1 is 1.38 bits per heavy atom. The number of aliphatic hydroxyl groups excluding tert-OH is 1. The van der Waals surface area contributed by atoms with Crippen LogP contribution >= 0.6 is 0 Å². The Kier molecular flexibility index (Phi) is 3.58. The number of nitrogens with two attached hydrogens (primary N) is 1. The number of anilines is 2. The maximum absolute atomic E-state index is 12.8. The van der Waals surface area contributed by atoms with Crippen LogP contribution in [0.3, 0.4) is 0 Å². The van der Waals surface area contributed by atoms with E-state index in [2.05, 4.69) is 15.3 Å². The normalized spacial score (nSPS) is 11.6. The number of nitrogen functional groups attached to an aromatic ring is 1. The quantitative estimate of drug-likeness (QED) is 0.712. The summed E-state index contributed by atoms with van der Waals surface area (Å²) < 4.78 is 25.6. The Balaban J connectivity index is 2.82. The molecule has 90 valence electrons. The summed E-state index contributed by atoms with van der Waals surface area (Å²) in [5.41, 5.74) is 6.08. The number of aromatic nitrogens is 2. The van der Waals surface area contributed by atoms with Crippen molar-refractivity contribution in [3.63, 3.8) is 0 Å². The van der Waals surface area contributed by atoms with Crippen molar-refractivity contribution < 1.29 is 13.9 Å². The third-order valence-electron chi connectivity index (χ3n) is 2.04. The van der Waals surface area contributed by atoms with Crippen molar-refractivity contribution >= 4 is 11.6 Å². The van der Waals surface area contributed by atoms with E-state index in [0.717, 1.165) is 0 Å². The molecule has 0 saturated heterocycles. The molecule has 4 N–H and O–H groups in total. The van der Waals surface area contributed by atoms with Gasteiger partial charge >= 0.3 is 0 Å². The Morgan fingerprint density at radius 2 is 2.00 bits per heavy atom. The molecule has 0 amide bonds. The summed E-state index contributed by atoms with van der Waals surface area (Å²) in [5, 5.41) is 10.8. The molecule has 7 heteroatoms. The summed E-state index contributed by atoms with van der Waals surface area (Å²) >= 11 is 0. The van der Waals surface area contributed by atoms with Gasteiger partial charge in [-0.15, -0.1) is 0 Å². The van der Waals surface area contributed by atoms with Gasteiger partial charge in [0.25, 0.3) is 5.92 Å². The average Bonchev–Trinajstić information content (AvgIpc) is 2.21. The zero-order valence-corrected chi connectivity index (χ0v) is 9.09. The topological polar surface area (TPSA) is 84.1 Å².